The van der Waals surface area contributed by atoms with Crippen LogP contribution in [-0.2, 0) is 10.2 Å². The van der Waals surface area contributed by atoms with Crippen LogP contribution in [0.4, 0.5) is 0 Å². The highest BCUT2D eigenvalue weighted by Crippen LogP contribution is 2.59. The summed E-state index contributed by atoms with van der Waals surface area (Å²) in [7, 11) is 0. The molecular weight excluding hydrogens is 779 g/mol. The maximum absolute atomic E-state index is 6.60. The molecule has 2 unspecified atom stereocenters. The first kappa shape index (κ1) is 37.5. The number of rotatable bonds is 8. The van der Waals surface area contributed by atoms with Crippen LogP contribution in [0.2, 0.25) is 0 Å². The van der Waals surface area contributed by atoms with Gasteiger partial charge in [0, 0.05) is 22.3 Å². The van der Waals surface area contributed by atoms with Gasteiger partial charge in [-0.25, -0.2) is 15.0 Å². The van der Waals surface area contributed by atoms with Gasteiger partial charge in [0.2, 0.25) is 5.90 Å². The summed E-state index contributed by atoms with van der Waals surface area (Å²) in [6, 6.07) is 77.3. The fourth-order valence-electron chi connectivity index (χ4n) is 9.95. The molecule has 0 N–H and O–H groups in total. The largest absolute Gasteiger partial charge is 0.441 e. The second kappa shape index (κ2) is 15.6. The highest BCUT2D eigenvalue weighted by Gasteiger charge is 2.49. The Kier molecular flexibility index (Phi) is 9.15. The summed E-state index contributed by atoms with van der Waals surface area (Å²) in [6.07, 6.45) is 5.42. The van der Waals surface area contributed by atoms with Gasteiger partial charge >= 0.3 is 0 Å². The van der Waals surface area contributed by atoms with Gasteiger partial charge in [0.05, 0.1) is 16.8 Å². The lowest BCUT2D eigenvalue weighted by atomic mass is 9.66. The molecular formula is C60H41N3O. The number of fused-ring (bicyclic) bond motifs is 4. The average molecular weight is 820 g/mol. The van der Waals surface area contributed by atoms with E-state index in [1.54, 1.807) is 0 Å². The first-order valence-corrected chi connectivity index (χ1v) is 21.9. The summed E-state index contributed by atoms with van der Waals surface area (Å²) < 4.78 is 6.60. The standard InChI is InChI=1S/C60H41N3O/c1-5-17-40(18-6-1)41-31-33-42(34-32-41)54-39-55(62-58(61-54)43-19-7-2-8-20-43)46-24-15-23-45(37-46)49-28-16-30-52-57(49)50-27-13-14-29-51(50)60(52,47-25-11-4-12-26-47)48-35-36-53-56(38-48)64-59(63-53)44-21-9-3-10-22-44/h1-35,37-39,53H,36H2. The van der Waals surface area contributed by atoms with E-state index in [1.165, 1.54) is 50.1 Å². The minimum absolute atomic E-state index is 0.0460. The van der Waals surface area contributed by atoms with Gasteiger partial charge in [-0.3, -0.25) is 0 Å². The lowest BCUT2D eigenvalue weighted by molar-refractivity contribution is 0.411. The molecule has 4 heteroatoms. The van der Waals surface area contributed by atoms with Crippen molar-refractivity contribution >= 4 is 5.90 Å². The first-order chi connectivity index (χ1) is 31.7. The molecule has 1 aromatic heterocycles. The topological polar surface area (TPSA) is 47.4 Å². The molecule has 12 rings (SSSR count). The zero-order valence-corrected chi connectivity index (χ0v) is 35.0. The van der Waals surface area contributed by atoms with Gasteiger partial charge in [0.15, 0.2) is 5.82 Å². The van der Waals surface area contributed by atoms with Crippen molar-refractivity contribution in [3.63, 3.8) is 0 Å². The zero-order chi connectivity index (χ0) is 42.5. The monoisotopic (exact) mass is 819 g/mol. The SMILES string of the molecule is C1=C2OC(c3ccccc3)=NC2CC=C1C1(c2ccccc2)c2ccccc2-c2c(-c3cccc(-c4cc(-c5ccc(-c6ccccc6)cc5)nc(-c5ccccc5)n4)c3)cccc21. The van der Waals surface area contributed by atoms with Crippen molar-refractivity contribution in [3.8, 4) is 67.3 Å². The van der Waals surface area contributed by atoms with Crippen molar-refractivity contribution in [1.29, 1.82) is 0 Å². The van der Waals surface area contributed by atoms with Crippen LogP contribution in [0.3, 0.4) is 0 Å². The second-order valence-electron chi connectivity index (χ2n) is 16.6. The van der Waals surface area contributed by atoms with E-state index in [-0.39, 0.29) is 6.04 Å². The molecule has 0 bridgehead atoms. The Morgan fingerprint density at radius 2 is 0.984 bits per heavy atom. The molecule has 2 aliphatic carbocycles. The van der Waals surface area contributed by atoms with Crippen molar-refractivity contribution in [1.82, 2.24) is 9.97 Å². The normalized spacial score (nSPS) is 17.0. The molecule has 0 fully saturated rings. The molecule has 0 spiro atoms. The molecule has 9 aromatic rings. The molecule has 0 radical (unpaired) electrons. The molecule has 2 heterocycles. The van der Waals surface area contributed by atoms with Gasteiger partial charge in [0.25, 0.3) is 0 Å². The number of hydrogen-bond donors (Lipinski definition) is 0. The minimum Gasteiger partial charge on any atom is -0.441 e. The maximum Gasteiger partial charge on any atom is 0.222 e. The number of aliphatic imine (C=N–C) groups is 1. The molecule has 3 aliphatic rings. The third-order valence-corrected chi connectivity index (χ3v) is 12.9. The van der Waals surface area contributed by atoms with Gasteiger partial charge in [-0.1, -0.05) is 200 Å². The lowest BCUT2D eigenvalue weighted by Crippen LogP contribution is -2.30. The van der Waals surface area contributed by atoms with Crippen LogP contribution < -0.4 is 0 Å². The number of hydrogen-bond acceptors (Lipinski definition) is 4. The van der Waals surface area contributed by atoms with Crippen LogP contribution in [0, 0.1) is 0 Å². The van der Waals surface area contributed by atoms with Crippen molar-refractivity contribution in [2.24, 2.45) is 4.99 Å². The minimum atomic E-state index is -0.583. The third kappa shape index (κ3) is 6.34. The van der Waals surface area contributed by atoms with E-state index in [2.05, 4.69) is 188 Å². The van der Waals surface area contributed by atoms with E-state index >= 15 is 0 Å². The summed E-state index contributed by atoms with van der Waals surface area (Å²) in [5, 5.41) is 0. The number of allylic oxidation sites excluding steroid dienone is 2. The summed E-state index contributed by atoms with van der Waals surface area (Å²) in [5.41, 5.74) is 17.2. The van der Waals surface area contributed by atoms with Crippen LogP contribution in [-0.4, -0.2) is 21.9 Å². The lowest BCUT2D eigenvalue weighted by Gasteiger charge is -2.36. The highest BCUT2D eigenvalue weighted by molar-refractivity contribution is 5.98. The fourth-order valence-corrected chi connectivity index (χ4v) is 9.95. The third-order valence-electron chi connectivity index (χ3n) is 12.9. The number of nitrogens with zero attached hydrogens (tertiary/aromatic N) is 3. The zero-order valence-electron chi connectivity index (χ0n) is 35.0. The van der Waals surface area contributed by atoms with Crippen LogP contribution in [0.25, 0.3) is 67.3 Å². The Labute approximate surface area is 373 Å². The summed E-state index contributed by atoms with van der Waals surface area (Å²) in [5.74, 6) is 2.27. The molecule has 4 nitrogen and oxygen atoms in total. The Morgan fingerprint density at radius 1 is 0.438 bits per heavy atom. The smallest absolute Gasteiger partial charge is 0.222 e. The van der Waals surface area contributed by atoms with Gasteiger partial charge in [-0.15, -0.1) is 0 Å². The predicted molar refractivity (Wildman–Crippen MR) is 260 cm³/mol. The van der Waals surface area contributed by atoms with Crippen LogP contribution in [0.5, 0.6) is 0 Å². The highest BCUT2D eigenvalue weighted by atomic mass is 16.5. The first-order valence-electron chi connectivity index (χ1n) is 21.9. The van der Waals surface area contributed by atoms with Crippen molar-refractivity contribution in [2.45, 2.75) is 17.9 Å². The summed E-state index contributed by atoms with van der Waals surface area (Å²) in [4.78, 5) is 15.4. The molecule has 64 heavy (non-hydrogen) atoms. The molecule has 2 atom stereocenters. The van der Waals surface area contributed by atoms with Crippen molar-refractivity contribution < 1.29 is 4.74 Å². The maximum atomic E-state index is 6.60. The molecule has 302 valence electrons. The Hall–Kier alpha value is -8.21. The predicted octanol–water partition coefficient (Wildman–Crippen LogP) is 14.2. The molecule has 0 saturated heterocycles. The van der Waals surface area contributed by atoms with Gasteiger partial charge in [0.1, 0.15) is 11.8 Å². The Bertz CT molecular complexity index is 3300. The van der Waals surface area contributed by atoms with E-state index in [1.807, 2.05) is 42.5 Å². The summed E-state index contributed by atoms with van der Waals surface area (Å²) in [6.45, 7) is 0. The van der Waals surface area contributed by atoms with E-state index in [9.17, 15) is 0 Å². The van der Waals surface area contributed by atoms with Gasteiger partial charge < -0.3 is 4.74 Å². The number of ether oxygens (including phenoxy) is 1. The molecule has 1 aliphatic heterocycles. The number of aromatic nitrogens is 2. The molecule has 0 amide bonds. The Morgan fingerprint density at radius 3 is 1.73 bits per heavy atom. The average Bonchev–Trinajstić information content (AvgIpc) is 3.95. The molecule has 8 aromatic carbocycles. The van der Waals surface area contributed by atoms with Crippen molar-refractivity contribution in [2.75, 3.05) is 0 Å². The van der Waals surface area contributed by atoms with Gasteiger partial charge in [-0.2, -0.15) is 0 Å². The van der Waals surface area contributed by atoms with E-state index in [0.717, 1.165) is 51.4 Å². The van der Waals surface area contributed by atoms with Crippen LogP contribution in [0.1, 0.15) is 28.7 Å². The second-order valence-corrected chi connectivity index (χ2v) is 16.6. The van der Waals surface area contributed by atoms with Crippen LogP contribution in [0.15, 0.2) is 247 Å². The van der Waals surface area contributed by atoms with Gasteiger partial charge in [-0.05, 0) is 92.4 Å². The fraction of sp³-hybridized carbons (Fsp3) is 0.0500. The quantitative estimate of drug-likeness (QED) is 0.153. The summed E-state index contributed by atoms with van der Waals surface area (Å²) >= 11 is 0. The Balaban J connectivity index is 0.987. The van der Waals surface area contributed by atoms with E-state index in [0.29, 0.717) is 11.7 Å². The van der Waals surface area contributed by atoms with Crippen LogP contribution >= 0.6 is 0 Å². The van der Waals surface area contributed by atoms with E-state index < -0.39 is 5.41 Å². The van der Waals surface area contributed by atoms with Crippen molar-refractivity contribution in [3.05, 3.63) is 264 Å². The molecule has 0 saturated carbocycles. The number of benzene rings is 8. The van der Waals surface area contributed by atoms with E-state index in [4.69, 9.17) is 19.7 Å².